The quantitative estimate of drug-likeness (QED) is 0.550. The Balaban J connectivity index is 3.66. The van der Waals surface area contributed by atoms with Gasteiger partial charge in [-0.05, 0) is 12.2 Å². The van der Waals surface area contributed by atoms with E-state index in [9.17, 15) is 4.79 Å². The minimum absolute atomic E-state index is 0.151. The molecule has 0 saturated heterocycles. The van der Waals surface area contributed by atoms with Crippen molar-refractivity contribution in [2.24, 2.45) is 7.05 Å². The molecule has 0 aliphatic carbocycles. The van der Waals surface area contributed by atoms with Gasteiger partial charge in [-0.2, -0.15) is 0 Å². The molecule has 0 unspecified atom stereocenters. The topological polar surface area (TPSA) is 26.9 Å². The molecule has 1 aromatic heterocycles. The molecule has 0 spiro atoms. The Morgan fingerprint density at radius 3 is 2.80 bits per heavy atom. The van der Waals surface area contributed by atoms with Crippen molar-refractivity contribution in [1.82, 2.24) is 8.65 Å². The molecule has 3 nitrogen and oxygen atoms in total. The standard InChI is InChI=1S/C5H5ClN2OS/c1-7-4(9)2-3-8(6)5(7)10/h2-3H,1H3. The maximum absolute atomic E-state index is 10.8. The maximum atomic E-state index is 10.8. The molecule has 0 atom stereocenters. The van der Waals surface area contributed by atoms with E-state index in [0.29, 0.717) is 4.77 Å². The molecule has 0 aliphatic rings. The lowest BCUT2D eigenvalue weighted by Gasteiger charge is -1.97. The highest BCUT2D eigenvalue weighted by molar-refractivity contribution is 7.71. The molecule has 0 saturated carbocycles. The van der Waals surface area contributed by atoms with Crippen molar-refractivity contribution in [1.29, 1.82) is 0 Å². The van der Waals surface area contributed by atoms with Crippen molar-refractivity contribution in [3.05, 3.63) is 27.4 Å². The fourth-order valence-electron chi connectivity index (χ4n) is 0.542. The van der Waals surface area contributed by atoms with Crippen LogP contribution in [0.15, 0.2) is 17.1 Å². The monoisotopic (exact) mass is 176 g/mol. The van der Waals surface area contributed by atoms with Crippen molar-refractivity contribution in [2.45, 2.75) is 0 Å². The minimum Gasteiger partial charge on any atom is -0.287 e. The van der Waals surface area contributed by atoms with E-state index in [1.54, 1.807) is 7.05 Å². The summed E-state index contributed by atoms with van der Waals surface area (Å²) < 4.78 is 2.79. The molecule has 0 fully saturated rings. The summed E-state index contributed by atoms with van der Waals surface area (Å²) in [7, 11) is 1.57. The summed E-state index contributed by atoms with van der Waals surface area (Å²) in [5, 5.41) is 0. The van der Waals surface area contributed by atoms with Gasteiger partial charge < -0.3 is 0 Å². The maximum Gasteiger partial charge on any atom is 0.254 e. The van der Waals surface area contributed by atoms with Gasteiger partial charge in [0, 0.05) is 31.1 Å². The van der Waals surface area contributed by atoms with Gasteiger partial charge in [-0.25, -0.2) is 4.09 Å². The summed E-state index contributed by atoms with van der Waals surface area (Å²) in [6, 6.07) is 1.35. The van der Waals surface area contributed by atoms with Crippen LogP contribution in [-0.2, 0) is 7.05 Å². The van der Waals surface area contributed by atoms with Crippen molar-refractivity contribution in [3.8, 4) is 0 Å². The molecule has 54 valence electrons. The number of halogens is 1. The first-order valence-corrected chi connectivity index (χ1v) is 3.32. The highest BCUT2D eigenvalue weighted by Crippen LogP contribution is 1.89. The van der Waals surface area contributed by atoms with Crippen LogP contribution in [0, 0.1) is 4.77 Å². The number of aromatic nitrogens is 2. The average Bonchev–Trinajstić information content (AvgIpc) is 1.93. The molecule has 0 N–H and O–H groups in total. The third-order valence-electron chi connectivity index (χ3n) is 1.15. The number of nitrogens with zero attached hydrogens (tertiary/aromatic N) is 2. The molecular formula is C5H5ClN2OS. The third-order valence-corrected chi connectivity index (χ3v) is 1.99. The lowest BCUT2D eigenvalue weighted by molar-refractivity contribution is 0.788. The lowest BCUT2D eigenvalue weighted by Crippen LogP contribution is -2.17. The predicted molar refractivity (Wildman–Crippen MR) is 41.8 cm³/mol. The van der Waals surface area contributed by atoms with E-state index >= 15 is 0 Å². The first-order valence-electron chi connectivity index (χ1n) is 2.58. The van der Waals surface area contributed by atoms with E-state index < -0.39 is 0 Å². The molecular weight excluding hydrogens is 172 g/mol. The second kappa shape index (κ2) is 2.56. The van der Waals surface area contributed by atoms with Gasteiger partial charge in [0.2, 0.25) is 0 Å². The van der Waals surface area contributed by atoms with Crippen molar-refractivity contribution in [3.63, 3.8) is 0 Å². The van der Waals surface area contributed by atoms with Crippen LogP contribution in [0.1, 0.15) is 0 Å². The van der Waals surface area contributed by atoms with Crippen LogP contribution in [0.3, 0.4) is 0 Å². The van der Waals surface area contributed by atoms with Crippen LogP contribution >= 0.6 is 24.0 Å². The highest BCUT2D eigenvalue weighted by Gasteiger charge is 1.92. The van der Waals surface area contributed by atoms with Gasteiger partial charge in [-0.3, -0.25) is 9.36 Å². The molecule has 0 bridgehead atoms. The zero-order chi connectivity index (χ0) is 7.72. The smallest absolute Gasteiger partial charge is 0.254 e. The molecule has 1 rings (SSSR count). The van der Waals surface area contributed by atoms with Gasteiger partial charge in [-0.1, -0.05) is 0 Å². The summed E-state index contributed by atoms with van der Waals surface area (Å²) in [4.78, 5) is 10.8. The van der Waals surface area contributed by atoms with Crippen molar-refractivity contribution in [2.75, 3.05) is 0 Å². The Hall–Kier alpha value is -0.610. The Bertz CT molecular complexity index is 353. The van der Waals surface area contributed by atoms with E-state index in [4.69, 9.17) is 24.0 Å². The normalized spacial score (nSPS) is 9.80. The van der Waals surface area contributed by atoms with Gasteiger partial charge in [0.15, 0.2) is 4.77 Å². The summed E-state index contributed by atoms with van der Waals surface area (Å²) >= 11 is 10.3. The Morgan fingerprint density at radius 2 is 2.30 bits per heavy atom. The molecule has 5 heteroatoms. The summed E-state index contributed by atoms with van der Waals surface area (Å²) in [6.07, 6.45) is 1.42. The molecule has 10 heavy (non-hydrogen) atoms. The van der Waals surface area contributed by atoms with Gasteiger partial charge >= 0.3 is 0 Å². The number of rotatable bonds is 0. The van der Waals surface area contributed by atoms with E-state index in [1.807, 2.05) is 0 Å². The fraction of sp³-hybridized carbons (Fsp3) is 0.200. The van der Waals surface area contributed by atoms with E-state index in [1.165, 1.54) is 20.9 Å². The molecule has 0 aliphatic heterocycles. The van der Waals surface area contributed by atoms with Crippen LogP contribution in [0.5, 0.6) is 0 Å². The first-order chi connectivity index (χ1) is 4.63. The van der Waals surface area contributed by atoms with Crippen LogP contribution in [0.4, 0.5) is 0 Å². The van der Waals surface area contributed by atoms with E-state index in [2.05, 4.69) is 0 Å². The van der Waals surface area contributed by atoms with Crippen LogP contribution in [0.2, 0.25) is 0 Å². The number of hydrogen-bond acceptors (Lipinski definition) is 2. The van der Waals surface area contributed by atoms with Crippen LogP contribution < -0.4 is 5.56 Å². The van der Waals surface area contributed by atoms with Crippen LogP contribution in [-0.4, -0.2) is 8.65 Å². The predicted octanol–water partition coefficient (Wildman–Crippen LogP) is 0.918. The summed E-state index contributed by atoms with van der Waals surface area (Å²) in [6.45, 7) is 0. The molecule has 0 amide bonds. The highest BCUT2D eigenvalue weighted by atomic mass is 35.5. The Labute approximate surface area is 67.6 Å². The summed E-state index contributed by atoms with van der Waals surface area (Å²) in [5.41, 5.74) is -0.151. The average molecular weight is 177 g/mol. The minimum atomic E-state index is -0.151. The Kier molecular flexibility index (Phi) is 1.92. The molecule has 0 radical (unpaired) electrons. The zero-order valence-corrected chi connectivity index (χ0v) is 6.82. The van der Waals surface area contributed by atoms with Gasteiger partial charge in [0.05, 0.1) is 0 Å². The Morgan fingerprint density at radius 1 is 1.70 bits per heavy atom. The van der Waals surface area contributed by atoms with E-state index in [-0.39, 0.29) is 5.56 Å². The first kappa shape index (κ1) is 7.50. The largest absolute Gasteiger partial charge is 0.287 e. The molecule has 0 aromatic carbocycles. The van der Waals surface area contributed by atoms with Gasteiger partial charge in [0.25, 0.3) is 5.56 Å². The van der Waals surface area contributed by atoms with Crippen LogP contribution in [0.25, 0.3) is 0 Å². The zero-order valence-electron chi connectivity index (χ0n) is 5.24. The second-order valence-electron chi connectivity index (χ2n) is 1.81. The third kappa shape index (κ3) is 1.12. The molecule has 1 aromatic rings. The summed E-state index contributed by atoms with van der Waals surface area (Å²) in [5.74, 6) is 0. The van der Waals surface area contributed by atoms with Gasteiger partial charge in [0.1, 0.15) is 0 Å². The van der Waals surface area contributed by atoms with Crippen molar-refractivity contribution >= 4 is 24.0 Å². The van der Waals surface area contributed by atoms with Gasteiger partial charge in [-0.15, -0.1) is 0 Å². The lowest BCUT2D eigenvalue weighted by atomic mass is 10.6. The number of hydrogen-bond donors (Lipinski definition) is 0. The second-order valence-corrected chi connectivity index (χ2v) is 2.54. The van der Waals surface area contributed by atoms with Crippen molar-refractivity contribution < 1.29 is 0 Å². The SMILES string of the molecule is Cn1c(=O)ccn(Cl)c1=S. The van der Waals surface area contributed by atoms with E-state index in [0.717, 1.165) is 0 Å². The molecule has 1 heterocycles. The fourth-order valence-corrected chi connectivity index (χ4v) is 0.863.